The minimum Gasteiger partial charge on any atom is -0.325 e. The van der Waals surface area contributed by atoms with Crippen molar-refractivity contribution in [1.29, 1.82) is 0 Å². The van der Waals surface area contributed by atoms with Crippen LogP contribution in [0.15, 0.2) is 41.3 Å². The second-order valence-corrected chi connectivity index (χ2v) is 4.44. The van der Waals surface area contributed by atoms with Gasteiger partial charge in [-0.05, 0) is 48.5 Å². The molecule has 0 bridgehead atoms. The van der Waals surface area contributed by atoms with Crippen LogP contribution in [-0.2, 0) is 6.42 Å². The average molecular weight is 233 g/mol. The zero-order valence-electron chi connectivity index (χ0n) is 9.23. The van der Waals surface area contributed by atoms with E-state index in [2.05, 4.69) is 23.5 Å². The largest absolute Gasteiger partial charge is 0.325 e. The Bertz CT molecular complexity index is 484. The molecule has 0 radical (unpaired) electrons. The third-order valence-electron chi connectivity index (χ3n) is 2.65. The maximum absolute atomic E-state index is 9.01. The molecule has 0 saturated heterocycles. The number of hydrogen-bond acceptors (Lipinski definition) is 3. The summed E-state index contributed by atoms with van der Waals surface area (Å²) in [5.74, 6) is 0. The van der Waals surface area contributed by atoms with Gasteiger partial charge in [-0.15, -0.1) is 0 Å². The van der Waals surface area contributed by atoms with E-state index in [9.17, 15) is 0 Å². The molecule has 0 aliphatic heterocycles. The second-order valence-electron chi connectivity index (χ2n) is 3.79. The van der Waals surface area contributed by atoms with Crippen LogP contribution in [0.1, 0.15) is 5.56 Å². The molecule has 0 spiro atoms. The van der Waals surface area contributed by atoms with Crippen molar-refractivity contribution in [2.75, 3.05) is 13.6 Å². The zero-order chi connectivity index (χ0) is 11.4. The molecule has 0 aliphatic rings. The fourth-order valence-corrected chi connectivity index (χ4v) is 2.06. The van der Waals surface area contributed by atoms with Crippen LogP contribution in [-0.4, -0.2) is 18.1 Å². The van der Waals surface area contributed by atoms with Crippen molar-refractivity contribution < 1.29 is 4.55 Å². The van der Waals surface area contributed by atoms with E-state index in [4.69, 9.17) is 4.55 Å². The lowest BCUT2D eigenvalue weighted by Gasteiger charge is -2.04. The fourth-order valence-electron chi connectivity index (χ4n) is 1.76. The van der Waals surface area contributed by atoms with Gasteiger partial charge in [-0.2, -0.15) is 0 Å². The highest BCUT2D eigenvalue weighted by molar-refractivity contribution is 7.93. The Morgan fingerprint density at radius 2 is 1.94 bits per heavy atom. The Morgan fingerprint density at radius 3 is 2.69 bits per heavy atom. The maximum atomic E-state index is 9.01. The smallest absolute Gasteiger partial charge is 0.0357 e. The van der Waals surface area contributed by atoms with Crippen LogP contribution in [0, 0.1) is 0 Å². The van der Waals surface area contributed by atoms with Gasteiger partial charge in [-0.1, -0.05) is 24.3 Å². The van der Waals surface area contributed by atoms with E-state index < -0.39 is 0 Å². The topological polar surface area (TPSA) is 32.3 Å². The zero-order valence-corrected chi connectivity index (χ0v) is 10.1. The van der Waals surface area contributed by atoms with Gasteiger partial charge in [0.05, 0.1) is 0 Å². The summed E-state index contributed by atoms with van der Waals surface area (Å²) < 4.78 is 9.01. The minimum atomic E-state index is 0.795. The SMILES string of the molecule is CNCCc1ccc2ccc(SO)cc2c1. The molecule has 2 rings (SSSR count). The first-order chi connectivity index (χ1) is 7.83. The molecule has 0 heterocycles. The van der Waals surface area contributed by atoms with Crippen LogP contribution in [0.2, 0.25) is 0 Å². The van der Waals surface area contributed by atoms with Gasteiger partial charge in [0, 0.05) is 16.9 Å². The van der Waals surface area contributed by atoms with Gasteiger partial charge in [-0.3, -0.25) is 0 Å². The molecular formula is C13H15NOS. The average Bonchev–Trinajstić information content (AvgIpc) is 2.35. The number of benzene rings is 2. The summed E-state index contributed by atoms with van der Waals surface area (Å²) >= 11 is 0.795. The standard InChI is InChI=1S/C13H15NOS/c1-14-7-6-10-2-3-11-4-5-13(16-15)9-12(11)8-10/h2-5,8-9,14-15H,6-7H2,1H3. The van der Waals surface area contributed by atoms with E-state index >= 15 is 0 Å². The van der Waals surface area contributed by atoms with Crippen LogP contribution in [0.3, 0.4) is 0 Å². The molecular weight excluding hydrogens is 218 g/mol. The molecule has 84 valence electrons. The van der Waals surface area contributed by atoms with E-state index in [1.54, 1.807) is 0 Å². The van der Waals surface area contributed by atoms with E-state index in [-0.39, 0.29) is 0 Å². The summed E-state index contributed by atoms with van der Waals surface area (Å²) in [5, 5.41) is 5.54. The summed E-state index contributed by atoms with van der Waals surface area (Å²) in [5.41, 5.74) is 1.32. The Balaban J connectivity index is 2.35. The van der Waals surface area contributed by atoms with Crippen molar-refractivity contribution in [3.63, 3.8) is 0 Å². The first-order valence-electron chi connectivity index (χ1n) is 5.32. The highest BCUT2D eigenvalue weighted by Gasteiger charge is 1.98. The van der Waals surface area contributed by atoms with Gasteiger partial charge >= 0.3 is 0 Å². The van der Waals surface area contributed by atoms with Crippen LogP contribution in [0.25, 0.3) is 10.8 Å². The highest BCUT2D eigenvalue weighted by atomic mass is 32.2. The molecule has 2 nitrogen and oxygen atoms in total. The van der Waals surface area contributed by atoms with Gasteiger partial charge in [0.1, 0.15) is 0 Å². The van der Waals surface area contributed by atoms with Gasteiger partial charge in [-0.25, -0.2) is 0 Å². The molecule has 3 heteroatoms. The molecule has 0 aromatic heterocycles. The first kappa shape index (κ1) is 11.5. The maximum Gasteiger partial charge on any atom is 0.0357 e. The number of hydrogen-bond donors (Lipinski definition) is 2. The molecule has 0 saturated carbocycles. The van der Waals surface area contributed by atoms with E-state index in [0.717, 1.165) is 29.9 Å². The first-order valence-corrected chi connectivity index (χ1v) is 6.09. The Kier molecular flexibility index (Phi) is 3.83. The lowest BCUT2D eigenvalue weighted by molar-refractivity contribution is 0.664. The fraction of sp³-hybridized carbons (Fsp3) is 0.231. The van der Waals surface area contributed by atoms with Crippen LogP contribution in [0.4, 0.5) is 0 Å². The highest BCUT2D eigenvalue weighted by Crippen LogP contribution is 2.22. The van der Waals surface area contributed by atoms with E-state index in [1.165, 1.54) is 16.3 Å². The van der Waals surface area contributed by atoms with Crippen molar-refractivity contribution >= 4 is 22.8 Å². The van der Waals surface area contributed by atoms with Crippen molar-refractivity contribution in [2.45, 2.75) is 11.3 Å². The van der Waals surface area contributed by atoms with Gasteiger partial charge in [0.2, 0.25) is 0 Å². The van der Waals surface area contributed by atoms with Crippen molar-refractivity contribution in [3.05, 3.63) is 42.0 Å². The molecule has 2 aromatic rings. The Labute approximate surface area is 99.9 Å². The molecule has 0 amide bonds. The van der Waals surface area contributed by atoms with Crippen molar-refractivity contribution in [1.82, 2.24) is 5.32 Å². The lowest BCUT2D eigenvalue weighted by Crippen LogP contribution is -2.10. The summed E-state index contributed by atoms with van der Waals surface area (Å²) in [6.07, 6.45) is 1.03. The third kappa shape index (κ3) is 2.55. The van der Waals surface area contributed by atoms with Crippen molar-refractivity contribution in [2.24, 2.45) is 0 Å². The normalized spacial score (nSPS) is 10.9. The summed E-state index contributed by atoms with van der Waals surface area (Å²) in [6, 6.07) is 12.5. The molecule has 0 atom stereocenters. The number of rotatable bonds is 4. The van der Waals surface area contributed by atoms with Crippen LogP contribution >= 0.6 is 12.0 Å². The molecule has 0 unspecified atom stereocenters. The molecule has 16 heavy (non-hydrogen) atoms. The summed E-state index contributed by atoms with van der Waals surface area (Å²) in [6.45, 7) is 0.986. The van der Waals surface area contributed by atoms with E-state index in [0.29, 0.717) is 0 Å². The predicted octanol–water partition coefficient (Wildman–Crippen LogP) is 3.17. The second kappa shape index (κ2) is 5.34. The molecule has 2 N–H and O–H groups in total. The number of likely N-dealkylation sites (N-methyl/N-ethyl adjacent to an activating group) is 1. The third-order valence-corrected chi connectivity index (χ3v) is 3.11. The van der Waals surface area contributed by atoms with Gasteiger partial charge in [0.25, 0.3) is 0 Å². The number of fused-ring (bicyclic) bond motifs is 1. The Morgan fingerprint density at radius 1 is 1.12 bits per heavy atom. The lowest BCUT2D eigenvalue weighted by atomic mass is 10.1. The minimum absolute atomic E-state index is 0.795. The summed E-state index contributed by atoms with van der Waals surface area (Å²) in [4.78, 5) is 0.887. The van der Waals surface area contributed by atoms with Crippen LogP contribution in [0.5, 0.6) is 0 Å². The van der Waals surface area contributed by atoms with Gasteiger partial charge < -0.3 is 9.87 Å². The molecule has 0 aliphatic carbocycles. The van der Waals surface area contributed by atoms with E-state index in [1.807, 2.05) is 25.2 Å². The molecule has 2 aromatic carbocycles. The summed E-state index contributed by atoms with van der Waals surface area (Å²) in [7, 11) is 1.96. The van der Waals surface area contributed by atoms with Crippen molar-refractivity contribution in [3.8, 4) is 0 Å². The quantitative estimate of drug-likeness (QED) is 0.796. The Hall–Kier alpha value is -1.03. The van der Waals surface area contributed by atoms with Crippen LogP contribution < -0.4 is 5.32 Å². The number of nitrogens with one attached hydrogen (secondary N) is 1. The molecule has 0 fully saturated rings. The van der Waals surface area contributed by atoms with Gasteiger partial charge in [0.15, 0.2) is 0 Å². The predicted molar refractivity (Wildman–Crippen MR) is 70.1 cm³/mol. The monoisotopic (exact) mass is 233 g/mol.